The number of carbonyl (C=O) groups excluding carboxylic acids is 2. The zero-order valence-corrected chi connectivity index (χ0v) is 14.1. The molecule has 3 aliphatic heterocycles. The number of carbonyl (C=O) groups is 2. The van der Waals surface area contributed by atoms with E-state index in [-0.39, 0.29) is 23.9 Å². The number of fused-ring (bicyclic) bond motifs is 4. The van der Waals surface area contributed by atoms with Crippen LogP contribution in [0.2, 0.25) is 0 Å². The second-order valence-electron chi connectivity index (χ2n) is 7.39. The summed E-state index contributed by atoms with van der Waals surface area (Å²) in [6, 6.07) is 8.92. The van der Waals surface area contributed by atoms with Crippen LogP contribution in [0.4, 0.5) is 10.5 Å². The average Bonchev–Trinajstić information content (AvgIpc) is 3.45. The van der Waals surface area contributed by atoms with Crippen molar-refractivity contribution in [3.05, 3.63) is 29.8 Å². The maximum absolute atomic E-state index is 12.7. The molecule has 25 heavy (non-hydrogen) atoms. The van der Waals surface area contributed by atoms with Gasteiger partial charge < -0.3 is 15.1 Å². The minimum absolute atomic E-state index is 0.0753. The second kappa shape index (κ2) is 6.40. The van der Waals surface area contributed by atoms with Crippen molar-refractivity contribution in [1.82, 2.24) is 9.80 Å². The summed E-state index contributed by atoms with van der Waals surface area (Å²) in [6.07, 6.45) is 4.30. The predicted molar refractivity (Wildman–Crippen MR) is 92.7 cm³/mol. The maximum Gasteiger partial charge on any atom is 0.321 e. The van der Waals surface area contributed by atoms with Crippen LogP contribution < -0.4 is 5.32 Å². The quantitative estimate of drug-likeness (QED) is 0.919. The minimum atomic E-state index is -0.187. The number of piperidine rings is 1. The van der Waals surface area contributed by atoms with Crippen molar-refractivity contribution in [2.24, 2.45) is 11.8 Å². The molecule has 4 fully saturated rings. The summed E-state index contributed by atoms with van der Waals surface area (Å²) in [4.78, 5) is 29.2. The molecule has 3 heterocycles. The topological polar surface area (TPSA) is 76.4 Å². The Kier molecular flexibility index (Phi) is 4.08. The van der Waals surface area contributed by atoms with E-state index < -0.39 is 0 Å². The van der Waals surface area contributed by atoms with Crippen LogP contribution in [0.5, 0.6) is 0 Å². The lowest BCUT2D eigenvalue weighted by molar-refractivity contribution is -0.140. The lowest BCUT2D eigenvalue weighted by atomic mass is 9.94. The first-order valence-corrected chi connectivity index (χ1v) is 9.00. The van der Waals surface area contributed by atoms with Gasteiger partial charge in [-0.2, -0.15) is 5.26 Å². The van der Waals surface area contributed by atoms with Gasteiger partial charge in [-0.05, 0) is 49.8 Å². The SMILES string of the molecule is N#Cc1cccc(NC(=O)N2C[C@H]3CC[C@@H](C2)N(CC2CC2)C3=O)c1. The highest BCUT2D eigenvalue weighted by Crippen LogP contribution is 2.35. The Morgan fingerprint density at radius 1 is 1.24 bits per heavy atom. The van der Waals surface area contributed by atoms with E-state index in [4.69, 9.17) is 5.26 Å². The van der Waals surface area contributed by atoms with Crippen LogP contribution in [0, 0.1) is 23.2 Å². The molecule has 1 aliphatic carbocycles. The molecule has 4 aliphatic rings. The van der Waals surface area contributed by atoms with Crippen LogP contribution in [0.15, 0.2) is 24.3 Å². The highest BCUT2D eigenvalue weighted by Gasteiger charge is 2.43. The lowest BCUT2D eigenvalue weighted by Crippen LogP contribution is -2.49. The van der Waals surface area contributed by atoms with Crippen molar-refractivity contribution in [2.45, 2.75) is 31.7 Å². The minimum Gasteiger partial charge on any atom is -0.337 e. The fourth-order valence-corrected chi connectivity index (χ4v) is 3.89. The number of hydrogen-bond acceptors (Lipinski definition) is 3. The molecule has 1 aromatic rings. The number of hydrogen-bond donors (Lipinski definition) is 1. The smallest absolute Gasteiger partial charge is 0.321 e. The zero-order valence-electron chi connectivity index (χ0n) is 14.1. The molecular formula is C19H22N4O2. The fraction of sp³-hybridized carbons (Fsp3) is 0.526. The van der Waals surface area contributed by atoms with E-state index in [1.54, 1.807) is 29.2 Å². The Hall–Kier alpha value is -2.55. The number of anilines is 1. The molecule has 0 unspecified atom stereocenters. The van der Waals surface area contributed by atoms with E-state index in [1.807, 2.05) is 4.90 Å². The van der Waals surface area contributed by atoms with Gasteiger partial charge in [-0.1, -0.05) is 6.07 Å². The molecule has 1 saturated carbocycles. The first-order valence-electron chi connectivity index (χ1n) is 9.00. The number of nitrogens with one attached hydrogen (secondary N) is 1. The Morgan fingerprint density at radius 3 is 2.84 bits per heavy atom. The fourth-order valence-electron chi connectivity index (χ4n) is 3.89. The van der Waals surface area contributed by atoms with Gasteiger partial charge in [-0.25, -0.2) is 4.79 Å². The normalized spacial score (nSPS) is 25.5. The first kappa shape index (κ1) is 15.9. The molecule has 0 aromatic heterocycles. The van der Waals surface area contributed by atoms with Crippen LogP contribution in [-0.4, -0.2) is 47.4 Å². The van der Waals surface area contributed by atoms with Crippen LogP contribution in [0.1, 0.15) is 31.2 Å². The molecule has 3 saturated heterocycles. The van der Waals surface area contributed by atoms with Crippen LogP contribution in [-0.2, 0) is 4.79 Å². The number of rotatable bonds is 3. The zero-order chi connectivity index (χ0) is 17.4. The molecule has 2 bridgehead atoms. The summed E-state index contributed by atoms with van der Waals surface area (Å²) in [5, 5.41) is 11.9. The van der Waals surface area contributed by atoms with Crippen molar-refractivity contribution in [1.29, 1.82) is 5.26 Å². The van der Waals surface area contributed by atoms with Crippen molar-refractivity contribution in [2.75, 3.05) is 25.0 Å². The van der Waals surface area contributed by atoms with Crippen molar-refractivity contribution in [3.63, 3.8) is 0 Å². The average molecular weight is 338 g/mol. The van der Waals surface area contributed by atoms with E-state index in [0.29, 0.717) is 30.3 Å². The molecule has 3 amide bonds. The third-order valence-electron chi connectivity index (χ3n) is 5.48. The summed E-state index contributed by atoms with van der Waals surface area (Å²) in [6.45, 7) is 1.94. The molecule has 1 N–H and O–H groups in total. The summed E-state index contributed by atoms with van der Waals surface area (Å²) in [7, 11) is 0. The molecule has 5 rings (SSSR count). The van der Waals surface area contributed by atoms with E-state index in [1.165, 1.54) is 12.8 Å². The van der Waals surface area contributed by atoms with Gasteiger partial charge in [-0.15, -0.1) is 0 Å². The third kappa shape index (κ3) is 3.32. The summed E-state index contributed by atoms with van der Waals surface area (Å²) in [5.41, 5.74) is 1.13. The third-order valence-corrected chi connectivity index (χ3v) is 5.48. The standard InChI is InChI=1S/C19H22N4O2/c20-9-14-2-1-3-16(8-14)21-19(25)22-11-15-6-7-17(12-22)23(18(15)24)10-13-4-5-13/h1-3,8,13,15,17H,4-7,10-12H2,(H,21,25)/t15-,17+/m1/s1. The van der Waals surface area contributed by atoms with Gasteiger partial charge in [-0.3, -0.25) is 4.79 Å². The Balaban J connectivity index is 1.46. The van der Waals surface area contributed by atoms with Crippen LogP contribution in [0.3, 0.4) is 0 Å². The molecule has 2 atom stereocenters. The van der Waals surface area contributed by atoms with Crippen molar-refractivity contribution < 1.29 is 9.59 Å². The Bertz CT molecular complexity index is 737. The van der Waals surface area contributed by atoms with E-state index in [2.05, 4.69) is 11.4 Å². The highest BCUT2D eigenvalue weighted by atomic mass is 16.2. The van der Waals surface area contributed by atoms with E-state index in [9.17, 15) is 9.59 Å². The molecule has 1 aromatic carbocycles. The summed E-state index contributed by atoms with van der Waals surface area (Å²) < 4.78 is 0. The molecule has 6 nitrogen and oxygen atoms in total. The number of amides is 3. The number of nitriles is 1. The molecule has 0 spiro atoms. The number of urea groups is 1. The second-order valence-corrected chi connectivity index (χ2v) is 7.39. The Labute approximate surface area is 147 Å². The molecular weight excluding hydrogens is 316 g/mol. The van der Waals surface area contributed by atoms with Crippen LogP contribution >= 0.6 is 0 Å². The van der Waals surface area contributed by atoms with Crippen molar-refractivity contribution in [3.8, 4) is 6.07 Å². The highest BCUT2D eigenvalue weighted by molar-refractivity contribution is 5.90. The largest absolute Gasteiger partial charge is 0.337 e. The van der Waals surface area contributed by atoms with Gasteiger partial charge in [0.1, 0.15) is 0 Å². The van der Waals surface area contributed by atoms with Gasteiger partial charge in [0, 0.05) is 31.4 Å². The van der Waals surface area contributed by atoms with Gasteiger partial charge in [0.05, 0.1) is 17.6 Å². The van der Waals surface area contributed by atoms with Crippen LogP contribution in [0.25, 0.3) is 0 Å². The van der Waals surface area contributed by atoms with Gasteiger partial charge >= 0.3 is 6.03 Å². The van der Waals surface area contributed by atoms with Gasteiger partial charge in [0.2, 0.25) is 5.91 Å². The summed E-state index contributed by atoms with van der Waals surface area (Å²) in [5.74, 6) is 0.818. The first-order chi connectivity index (χ1) is 12.1. The van der Waals surface area contributed by atoms with Gasteiger partial charge in [0.15, 0.2) is 0 Å². The monoisotopic (exact) mass is 338 g/mol. The van der Waals surface area contributed by atoms with E-state index >= 15 is 0 Å². The predicted octanol–water partition coefficient (Wildman–Crippen LogP) is 2.42. The molecule has 6 heteroatoms. The number of nitrogens with zero attached hydrogens (tertiary/aromatic N) is 3. The van der Waals surface area contributed by atoms with Gasteiger partial charge in [0.25, 0.3) is 0 Å². The number of benzene rings is 1. The molecule has 130 valence electrons. The Morgan fingerprint density at radius 2 is 2.08 bits per heavy atom. The van der Waals surface area contributed by atoms with Crippen molar-refractivity contribution >= 4 is 17.6 Å². The maximum atomic E-state index is 12.7. The lowest BCUT2D eigenvalue weighted by Gasteiger charge is -2.36. The van der Waals surface area contributed by atoms with E-state index in [0.717, 1.165) is 19.4 Å². The molecule has 0 radical (unpaired) electrons. The summed E-state index contributed by atoms with van der Waals surface area (Å²) >= 11 is 0.